The van der Waals surface area contributed by atoms with E-state index in [4.69, 9.17) is 0 Å². The monoisotopic (exact) mass is 265 g/mol. The van der Waals surface area contributed by atoms with Crippen LogP contribution in [0, 0.1) is 6.92 Å². The first-order valence-electron chi connectivity index (χ1n) is 7.51. The van der Waals surface area contributed by atoms with Crippen LogP contribution < -0.4 is 5.32 Å². The first kappa shape index (κ1) is 13.4. The van der Waals surface area contributed by atoms with Gasteiger partial charge in [0.2, 0.25) is 0 Å². The van der Waals surface area contributed by atoms with Crippen LogP contribution in [0.15, 0.2) is 54.6 Å². The lowest BCUT2D eigenvalue weighted by Gasteiger charge is -2.49. The van der Waals surface area contributed by atoms with Crippen molar-refractivity contribution in [1.29, 1.82) is 0 Å². The van der Waals surface area contributed by atoms with E-state index >= 15 is 0 Å². The number of rotatable bonds is 4. The van der Waals surface area contributed by atoms with Gasteiger partial charge >= 0.3 is 0 Å². The highest BCUT2D eigenvalue weighted by atomic mass is 14.8. The molecule has 1 heteroatoms. The van der Waals surface area contributed by atoms with Crippen molar-refractivity contribution >= 4 is 0 Å². The van der Waals surface area contributed by atoms with Gasteiger partial charge in [0.15, 0.2) is 0 Å². The molecule has 1 N–H and O–H groups in total. The molecular weight excluding hydrogens is 242 g/mol. The summed E-state index contributed by atoms with van der Waals surface area (Å²) in [4.78, 5) is 0. The Bertz CT molecular complexity index is 567. The maximum Gasteiger partial charge on any atom is 0.00919 e. The van der Waals surface area contributed by atoms with Crippen LogP contribution in [0.1, 0.15) is 35.4 Å². The summed E-state index contributed by atoms with van der Waals surface area (Å²) in [6, 6.07) is 19.8. The first-order valence-corrected chi connectivity index (χ1v) is 7.51. The molecule has 0 heterocycles. The van der Waals surface area contributed by atoms with Crippen molar-refractivity contribution in [2.24, 2.45) is 0 Å². The van der Waals surface area contributed by atoms with E-state index in [-0.39, 0.29) is 0 Å². The van der Waals surface area contributed by atoms with Gasteiger partial charge in [-0.1, -0.05) is 54.6 Å². The molecular formula is C19H23N. The number of benzene rings is 2. The second-order valence-electron chi connectivity index (χ2n) is 6.14. The number of hydrogen-bond donors (Lipinski definition) is 1. The zero-order valence-corrected chi connectivity index (χ0v) is 12.4. The van der Waals surface area contributed by atoms with Crippen LogP contribution in [-0.4, -0.2) is 13.6 Å². The molecule has 0 radical (unpaired) electrons. The molecule has 0 aliphatic heterocycles. The smallest absolute Gasteiger partial charge is 0.00919 e. The molecule has 1 nitrogen and oxygen atoms in total. The fourth-order valence-electron chi connectivity index (χ4n) is 3.81. The molecule has 1 aliphatic rings. The Kier molecular flexibility index (Phi) is 3.62. The van der Waals surface area contributed by atoms with Crippen molar-refractivity contribution in [1.82, 2.24) is 5.32 Å². The van der Waals surface area contributed by atoms with E-state index in [0.29, 0.717) is 11.3 Å². The van der Waals surface area contributed by atoms with Crippen LogP contribution in [0.4, 0.5) is 0 Å². The lowest BCUT2D eigenvalue weighted by molar-refractivity contribution is 0.197. The average Bonchev–Trinajstić information content (AvgIpc) is 2.44. The van der Waals surface area contributed by atoms with E-state index in [9.17, 15) is 0 Å². The highest BCUT2D eigenvalue weighted by Crippen LogP contribution is 2.52. The van der Waals surface area contributed by atoms with E-state index in [1.165, 1.54) is 29.5 Å². The molecule has 0 bridgehead atoms. The minimum Gasteiger partial charge on any atom is -0.319 e. The minimum atomic E-state index is 0.320. The summed E-state index contributed by atoms with van der Waals surface area (Å²) in [6.07, 6.45) is 2.51. The van der Waals surface area contributed by atoms with Gasteiger partial charge in [0.1, 0.15) is 0 Å². The van der Waals surface area contributed by atoms with E-state index in [0.717, 1.165) is 6.54 Å². The fraction of sp³-hybridized carbons (Fsp3) is 0.368. The topological polar surface area (TPSA) is 12.0 Å². The average molecular weight is 265 g/mol. The zero-order chi connectivity index (χ0) is 14.0. The lowest BCUT2D eigenvalue weighted by Crippen LogP contribution is -2.47. The molecule has 0 saturated heterocycles. The molecule has 1 fully saturated rings. The lowest BCUT2D eigenvalue weighted by atomic mass is 9.56. The predicted molar refractivity (Wildman–Crippen MR) is 85.2 cm³/mol. The van der Waals surface area contributed by atoms with E-state index in [1.54, 1.807) is 0 Å². The van der Waals surface area contributed by atoms with Gasteiger partial charge in [0, 0.05) is 12.0 Å². The van der Waals surface area contributed by atoms with Gasteiger partial charge in [-0.25, -0.2) is 0 Å². The Labute approximate surface area is 122 Å². The predicted octanol–water partition coefficient (Wildman–Crippen LogP) is 4.03. The molecule has 2 aromatic carbocycles. The zero-order valence-electron chi connectivity index (χ0n) is 12.4. The van der Waals surface area contributed by atoms with Gasteiger partial charge in [-0.05, 0) is 49.4 Å². The Morgan fingerprint density at radius 2 is 1.65 bits per heavy atom. The number of likely N-dealkylation sites (N-methyl/N-ethyl adjacent to an activating group) is 1. The summed E-state index contributed by atoms with van der Waals surface area (Å²) in [7, 11) is 2.07. The van der Waals surface area contributed by atoms with Gasteiger partial charge in [0.25, 0.3) is 0 Å². The summed E-state index contributed by atoms with van der Waals surface area (Å²) in [5, 5.41) is 3.41. The Morgan fingerprint density at radius 3 is 2.30 bits per heavy atom. The van der Waals surface area contributed by atoms with Crippen molar-refractivity contribution in [3.63, 3.8) is 0 Å². The summed E-state index contributed by atoms with van der Waals surface area (Å²) < 4.78 is 0. The number of nitrogens with one attached hydrogen (secondary N) is 1. The van der Waals surface area contributed by atoms with E-state index in [1.807, 2.05) is 0 Å². The Morgan fingerprint density at radius 1 is 1.00 bits per heavy atom. The molecule has 1 saturated carbocycles. The third-order valence-electron chi connectivity index (χ3n) is 4.78. The molecule has 104 valence electrons. The normalized spacial score (nSPS) is 25.2. The molecule has 0 unspecified atom stereocenters. The summed E-state index contributed by atoms with van der Waals surface area (Å²) in [5.41, 5.74) is 4.77. The maximum absolute atomic E-state index is 3.41. The van der Waals surface area contributed by atoms with Crippen LogP contribution >= 0.6 is 0 Å². The largest absolute Gasteiger partial charge is 0.319 e. The van der Waals surface area contributed by atoms with E-state index < -0.39 is 0 Å². The van der Waals surface area contributed by atoms with Crippen molar-refractivity contribution < 1.29 is 0 Å². The van der Waals surface area contributed by atoms with Crippen LogP contribution in [0.5, 0.6) is 0 Å². The second-order valence-corrected chi connectivity index (χ2v) is 6.14. The summed E-state index contributed by atoms with van der Waals surface area (Å²) >= 11 is 0. The molecule has 3 rings (SSSR count). The molecule has 20 heavy (non-hydrogen) atoms. The number of hydrogen-bond acceptors (Lipinski definition) is 1. The van der Waals surface area contributed by atoms with Crippen LogP contribution in [0.25, 0.3) is 0 Å². The van der Waals surface area contributed by atoms with Crippen molar-refractivity contribution in [2.75, 3.05) is 13.6 Å². The van der Waals surface area contributed by atoms with Crippen LogP contribution in [0.3, 0.4) is 0 Å². The van der Waals surface area contributed by atoms with Gasteiger partial charge in [-0.15, -0.1) is 0 Å². The van der Waals surface area contributed by atoms with Gasteiger partial charge < -0.3 is 5.32 Å². The second kappa shape index (κ2) is 5.41. The fourth-order valence-corrected chi connectivity index (χ4v) is 3.81. The van der Waals surface area contributed by atoms with Gasteiger partial charge in [0.05, 0.1) is 0 Å². The minimum absolute atomic E-state index is 0.320. The third kappa shape index (κ3) is 2.27. The number of aryl methyl sites for hydroxylation is 1. The van der Waals surface area contributed by atoms with Crippen molar-refractivity contribution in [3.8, 4) is 0 Å². The molecule has 0 aromatic heterocycles. The van der Waals surface area contributed by atoms with Crippen molar-refractivity contribution in [2.45, 2.75) is 31.1 Å². The molecule has 1 aliphatic carbocycles. The maximum atomic E-state index is 3.41. The highest BCUT2D eigenvalue weighted by Gasteiger charge is 2.45. The van der Waals surface area contributed by atoms with E-state index in [2.05, 4.69) is 73.9 Å². The Hall–Kier alpha value is -1.60. The van der Waals surface area contributed by atoms with Gasteiger partial charge in [-0.3, -0.25) is 0 Å². The molecule has 2 aromatic rings. The summed E-state index contributed by atoms with van der Waals surface area (Å²) in [5.74, 6) is 0.712. The quantitative estimate of drug-likeness (QED) is 0.880. The van der Waals surface area contributed by atoms with Crippen molar-refractivity contribution in [3.05, 3.63) is 71.3 Å². The molecule has 0 amide bonds. The highest BCUT2D eigenvalue weighted by molar-refractivity contribution is 5.39. The third-order valence-corrected chi connectivity index (χ3v) is 4.78. The van der Waals surface area contributed by atoms with Crippen LogP contribution in [0.2, 0.25) is 0 Å². The summed E-state index contributed by atoms with van der Waals surface area (Å²) in [6.45, 7) is 3.31. The van der Waals surface area contributed by atoms with Gasteiger partial charge in [-0.2, -0.15) is 0 Å². The molecule has 0 spiro atoms. The SMILES string of the molecule is CNCC1(c2ccccc2C)CC(c2ccccc2)C1. The standard InChI is InChI=1S/C19H23N/c1-15-8-6-7-11-18(15)19(14-20-2)12-17(13-19)16-9-4-3-5-10-16/h3-11,17,20H,12-14H2,1-2H3. The first-order chi connectivity index (χ1) is 9.75. The molecule has 0 atom stereocenters. The van der Waals surface area contributed by atoms with Crippen LogP contribution in [-0.2, 0) is 5.41 Å². The Balaban J connectivity index is 1.85.